The number of hydrogen-bond donors (Lipinski definition) is 2. The van der Waals surface area contributed by atoms with Crippen molar-refractivity contribution in [1.82, 2.24) is 10.2 Å². The van der Waals surface area contributed by atoms with Gasteiger partial charge in [-0.05, 0) is 94.9 Å². The minimum Gasteiger partial charge on any atom is -0.489 e. The Bertz CT molecular complexity index is 1130. The third kappa shape index (κ3) is 10.6. The fraction of sp³-hybridized carbons (Fsp3) is 0.611. The van der Waals surface area contributed by atoms with Gasteiger partial charge in [-0.1, -0.05) is 77.4 Å². The van der Waals surface area contributed by atoms with Crippen LogP contribution in [0, 0.1) is 28.1 Å². The van der Waals surface area contributed by atoms with Crippen LogP contribution < -0.4 is 15.8 Å². The number of nitrogens with one attached hydrogen (secondary N) is 1. The molecule has 3 N–H and O–H groups in total. The largest absolute Gasteiger partial charge is 0.489 e. The topological polar surface area (TPSA) is 91.4 Å². The predicted octanol–water partition coefficient (Wildman–Crippen LogP) is 7.69. The van der Waals surface area contributed by atoms with Gasteiger partial charge in [-0.3, -0.25) is 4.79 Å². The summed E-state index contributed by atoms with van der Waals surface area (Å²) >= 11 is 6.01. The number of nitriles is 1. The summed E-state index contributed by atoms with van der Waals surface area (Å²) in [4.78, 5) is 13.4. The molecule has 3 fully saturated rings. The smallest absolute Gasteiger partial charge is 0.150 e. The number of piperidine rings is 2. The van der Waals surface area contributed by atoms with E-state index < -0.39 is 0 Å². The van der Waals surface area contributed by atoms with Gasteiger partial charge in [0.15, 0.2) is 0 Å². The molecule has 2 saturated heterocycles. The van der Waals surface area contributed by atoms with Crippen LogP contribution in [0.3, 0.4) is 0 Å². The van der Waals surface area contributed by atoms with Crippen molar-refractivity contribution in [3.05, 3.63) is 64.2 Å². The van der Waals surface area contributed by atoms with E-state index in [0.717, 1.165) is 29.9 Å². The summed E-state index contributed by atoms with van der Waals surface area (Å²) in [7, 11) is 1.50. The molecule has 5 rings (SSSR count). The van der Waals surface area contributed by atoms with Crippen molar-refractivity contribution in [3.63, 3.8) is 0 Å². The van der Waals surface area contributed by atoms with E-state index in [1.165, 1.54) is 71.0 Å². The van der Waals surface area contributed by atoms with Crippen molar-refractivity contribution in [1.29, 1.82) is 5.26 Å². The van der Waals surface area contributed by atoms with Crippen LogP contribution in [0.2, 0.25) is 5.02 Å². The van der Waals surface area contributed by atoms with Gasteiger partial charge in [0.25, 0.3) is 0 Å². The lowest BCUT2D eigenvalue weighted by Crippen LogP contribution is -2.58. The molecule has 3 aliphatic rings. The van der Waals surface area contributed by atoms with E-state index in [9.17, 15) is 4.79 Å². The lowest BCUT2D eigenvalue weighted by atomic mass is 9.53. The monoisotopic (exact) mass is 610 g/mol. The van der Waals surface area contributed by atoms with Gasteiger partial charge in [0, 0.05) is 29.0 Å². The molecule has 6 nitrogen and oxygen atoms in total. The molecule has 2 aromatic carbocycles. The molecule has 7 heteroatoms. The number of nitrogens with zero attached hydrogens (tertiary/aromatic N) is 2. The van der Waals surface area contributed by atoms with E-state index in [1.807, 2.05) is 38.1 Å². The maximum atomic E-state index is 10.7. The van der Waals surface area contributed by atoms with Crippen molar-refractivity contribution in [2.45, 2.75) is 85.7 Å². The second-order valence-electron chi connectivity index (χ2n) is 13.0. The Kier molecular flexibility index (Phi) is 15.2. The quantitative estimate of drug-likeness (QED) is 0.326. The Balaban J connectivity index is 0.000000272. The van der Waals surface area contributed by atoms with E-state index in [4.69, 9.17) is 21.6 Å². The first-order chi connectivity index (χ1) is 20.6. The van der Waals surface area contributed by atoms with Crippen LogP contribution in [0.15, 0.2) is 42.5 Å². The molecule has 0 unspecified atom stereocenters. The van der Waals surface area contributed by atoms with E-state index in [-0.39, 0.29) is 16.9 Å². The second-order valence-corrected chi connectivity index (χ2v) is 13.4. The molecule has 43 heavy (non-hydrogen) atoms. The highest BCUT2D eigenvalue weighted by Gasteiger charge is 2.54. The van der Waals surface area contributed by atoms with Gasteiger partial charge in [0.2, 0.25) is 0 Å². The molecular formula is C36H55ClN4O2. The zero-order valence-electron chi connectivity index (χ0n) is 27.6. The van der Waals surface area contributed by atoms with E-state index in [1.54, 1.807) is 12.1 Å². The minimum atomic E-state index is 0.175. The zero-order valence-corrected chi connectivity index (χ0v) is 28.3. The molecule has 1 saturated carbocycles. The first kappa shape index (κ1) is 36.8. The van der Waals surface area contributed by atoms with Crippen molar-refractivity contribution in [2.24, 2.45) is 22.5 Å². The first-order valence-corrected chi connectivity index (χ1v) is 16.4. The molecule has 0 bridgehead atoms. The van der Waals surface area contributed by atoms with Crippen LogP contribution in [0.4, 0.5) is 0 Å². The van der Waals surface area contributed by atoms with Crippen LogP contribution in [0.25, 0.3) is 0 Å². The van der Waals surface area contributed by atoms with Gasteiger partial charge in [-0.2, -0.15) is 5.26 Å². The number of likely N-dealkylation sites (tertiary alicyclic amines) is 1. The van der Waals surface area contributed by atoms with Crippen LogP contribution in [-0.2, 0) is 0 Å². The molecule has 2 heterocycles. The number of ether oxygens (including phenoxy) is 1. The van der Waals surface area contributed by atoms with Gasteiger partial charge in [-0.25, -0.2) is 0 Å². The molecule has 0 spiro atoms. The van der Waals surface area contributed by atoms with Gasteiger partial charge in [0.1, 0.15) is 24.2 Å². The molecule has 238 valence electrons. The minimum absolute atomic E-state index is 0.175. The number of hydrogen-bond acceptors (Lipinski definition) is 6. The third-order valence-electron chi connectivity index (χ3n) is 8.75. The predicted molar refractivity (Wildman–Crippen MR) is 180 cm³/mol. The number of carbonyl (C=O) groups excluding carboxylic acids is 1. The summed E-state index contributed by atoms with van der Waals surface area (Å²) < 4.78 is 6.07. The van der Waals surface area contributed by atoms with E-state index >= 15 is 0 Å². The Morgan fingerprint density at radius 1 is 1.00 bits per heavy atom. The lowest BCUT2D eigenvalue weighted by molar-refractivity contribution is -0.133. The Morgan fingerprint density at radius 3 is 2.07 bits per heavy atom. The molecule has 2 aromatic rings. The number of halogens is 1. The summed E-state index contributed by atoms with van der Waals surface area (Å²) in [5, 5.41) is 12.7. The van der Waals surface area contributed by atoms with Crippen molar-refractivity contribution in [3.8, 4) is 11.8 Å². The maximum Gasteiger partial charge on any atom is 0.150 e. The number of nitrogens with two attached hydrogens (primary N) is 1. The highest BCUT2D eigenvalue weighted by Crippen LogP contribution is 2.55. The molecule has 2 aliphatic heterocycles. The van der Waals surface area contributed by atoms with E-state index in [2.05, 4.69) is 55.8 Å². The highest BCUT2D eigenvalue weighted by atomic mass is 35.5. The second kappa shape index (κ2) is 17.8. The summed E-state index contributed by atoms with van der Waals surface area (Å²) in [5.74, 6) is 2.31. The first-order valence-electron chi connectivity index (χ1n) is 16.0. The van der Waals surface area contributed by atoms with Gasteiger partial charge >= 0.3 is 0 Å². The standard InChI is InChI=1S/C18H26N2O.C15H18ClNO.C2H6.CH5N/c21-14-16-1-3-17(4-2-16)18-7-11-20(12-8-18)13-15-5-9-19-10-6-15;1-14(2)9-15(3,4)13(14)18-11-6-5-10(8-17)12(16)7-11;2*1-2/h1-4,14-15,18-19H,5-13H2;5-7,13H,9H2,1-4H3;1-2H3;2H2,1H3. The normalized spacial score (nSPS) is 19.9. The van der Waals surface area contributed by atoms with Crippen LogP contribution in [0.1, 0.15) is 101 Å². The fourth-order valence-corrected chi connectivity index (χ4v) is 7.34. The average Bonchev–Trinajstić information content (AvgIpc) is 3.03. The number of rotatable bonds is 6. The third-order valence-corrected chi connectivity index (χ3v) is 9.07. The molecule has 0 aromatic heterocycles. The molecule has 1 aliphatic carbocycles. The van der Waals surface area contributed by atoms with Crippen molar-refractivity contribution >= 4 is 17.9 Å². The van der Waals surface area contributed by atoms with Crippen LogP contribution in [0.5, 0.6) is 5.75 Å². The van der Waals surface area contributed by atoms with Crippen LogP contribution >= 0.6 is 11.6 Å². The highest BCUT2D eigenvalue weighted by molar-refractivity contribution is 6.31. The van der Waals surface area contributed by atoms with Crippen molar-refractivity contribution in [2.75, 3.05) is 39.8 Å². The number of aldehydes is 1. The summed E-state index contributed by atoms with van der Waals surface area (Å²) in [6.45, 7) is 19.0. The zero-order chi connectivity index (χ0) is 32.0. The molecular weight excluding hydrogens is 556 g/mol. The molecule has 0 amide bonds. The SMILES string of the molecule is CC.CC1(C)CC(C)(C)C1Oc1ccc(C#N)c(Cl)c1.CN.O=Cc1ccc(C2CCN(CC3CCNCC3)CC2)cc1. The summed E-state index contributed by atoms with van der Waals surface area (Å²) in [5.41, 5.74) is 7.54. The number of benzene rings is 2. The molecule has 0 radical (unpaired) electrons. The fourth-order valence-electron chi connectivity index (χ4n) is 7.13. The van der Waals surface area contributed by atoms with Gasteiger partial charge in [0.05, 0.1) is 10.6 Å². The maximum absolute atomic E-state index is 10.7. The van der Waals surface area contributed by atoms with Gasteiger partial charge < -0.3 is 20.7 Å². The van der Waals surface area contributed by atoms with Crippen LogP contribution in [-0.4, -0.2) is 57.1 Å². The van der Waals surface area contributed by atoms with E-state index in [0.29, 0.717) is 16.5 Å². The Morgan fingerprint density at radius 2 is 1.58 bits per heavy atom. The van der Waals surface area contributed by atoms with Gasteiger partial charge in [-0.15, -0.1) is 0 Å². The Hall–Kier alpha value is -2.43. The lowest BCUT2D eigenvalue weighted by Gasteiger charge is -2.56. The van der Waals surface area contributed by atoms with Crippen molar-refractivity contribution < 1.29 is 9.53 Å². The summed E-state index contributed by atoms with van der Waals surface area (Å²) in [6, 6.07) is 15.5. The summed E-state index contributed by atoms with van der Waals surface area (Å²) in [6.07, 6.45) is 7.44. The number of carbonyl (C=O) groups is 1. The average molecular weight is 611 g/mol. The molecule has 0 atom stereocenters. The Labute approximate surface area is 266 Å².